The molecule has 5 heteroatoms. The molecular formula is C15H10N2O2S. The van der Waals surface area contributed by atoms with Gasteiger partial charge in [-0.05, 0) is 31.6 Å². The molecule has 4 nitrogen and oxygen atoms in total. The first-order valence-corrected chi connectivity index (χ1v) is 6.82. The molecule has 0 saturated heterocycles. The molecule has 0 atom stereocenters. The summed E-state index contributed by atoms with van der Waals surface area (Å²) in [6, 6.07) is 7.83. The number of nitrogens with zero attached hydrogens (tertiary/aromatic N) is 2. The van der Waals surface area contributed by atoms with Crippen molar-refractivity contribution in [1.82, 2.24) is 4.98 Å². The van der Waals surface area contributed by atoms with Crippen LogP contribution in [0.2, 0.25) is 0 Å². The van der Waals surface area contributed by atoms with Gasteiger partial charge in [0.1, 0.15) is 22.1 Å². The number of hydrogen-bond donors (Lipinski definition) is 0. The number of hydrogen-bond acceptors (Lipinski definition) is 5. The van der Waals surface area contributed by atoms with Crippen LogP contribution in [0.5, 0.6) is 11.6 Å². The van der Waals surface area contributed by atoms with Gasteiger partial charge in [-0.25, -0.2) is 0 Å². The summed E-state index contributed by atoms with van der Waals surface area (Å²) in [7, 11) is 0. The highest BCUT2D eigenvalue weighted by atomic mass is 32.1. The number of nitriles is 1. The van der Waals surface area contributed by atoms with E-state index in [4.69, 9.17) is 10.00 Å². The molecule has 0 bridgehead atoms. The number of ether oxygens (including phenoxy) is 1. The van der Waals surface area contributed by atoms with Crippen LogP contribution in [0.4, 0.5) is 0 Å². The second kappa shape index (κ2) is 4.58. The van der Waals surface area contributed by atoms with Crippen molar-refractivity contribution in [2.24, 2.45) is 0 Å². The van der Waals surface area contributed by atoms with Gasteiger partial charge in [0.25, 0.3) is 0 Å². The molecule has 0 aliphatic carbocycles. The average Bonchev–Trinajstić information content (AvgIpc) is 2.78. The van der Waals surface area contributed by atoms with Gasteiger partial charge in [0.2, 0.25) is 5.88 Å². The number of ketones is 1. The number of Topliss-reactive ketones (excluding diaryl/α,β-unsaturated/α-hetero) is 1. The Bertz CT molecular complexity index is 888. The molecule has 20 heavy (non-hydrogen) atoms. The summed E-state index contributed by atoms with van der Waals surface area (Å²) < 4.78 is 6.98. The zero-order chi connectivity index (χ0) is 14.3. The third-order valence-corrected chi connectivity index (χ3v) is 3.96. The Morgan fingerprint density at radius 3 is 2.95 bits per heavy atom. The Morgan fingerprint density at radius 1 is 1.45 bits per heavy atom. The fourth-order valence-corrected chi connectivity index (χ4v) is 2.95. The number of carbonyl (C=O) groups excluding carboxylic acids is 1. The molecular weight excluding hydrogens is 272 g/mol. The van der Waals surface area contributed by atoms with Crippen LogP contribution in [0.15, 0.2) is 18.2 Å². The van der Waals surface area contributed by atoms with Crippen molar-refractivity contribution in [2.45, 2.75) is 13.8 Å². The molecule has 0 N–H and O–H groups in total. The summed E-state index contributed by atoms with van der Waals surface area (Å²) >= 11 is 1.29. The van der Waals surface area contributed by atoms with Gasteiger partial charge in [-0.1, -0.05) is 12.1 Å². The van der Waals surface area contributed by atoms with Crippen molar-refractivity contribution in [3.63, 3.8) is 0 Å². The lowest BCUT2D eigenvalue weighted by molar-refractivity contribution is -0.111. The highest BCUT2D eigenvalue weighted by molar-refractivity contribution is 7.08. The number of rotatable bonds is 1. The van der Waals surface area contributed by atoms with E-state index in [1.165, 1.54) is 18.3 Å². The van der Waals surface area contributed by atoms with E-state index in [9.17, 15) is 4.79 Å². The summed E-state index contributed by atoms with van der Waals surface area (Å²) in [6.45, 7) is 3.35. The molecule has 0 fully saturated rings. The SMILES string of the molecule is CC(=O)/C(C#N)=c1\nc2c(s1)=Cc1ccc(C)cc1O2. The van der Waals surface area contributed by atoms with E-state index in [1.807, 2.05) is 37.3 Å². The number of benzene rings is 1. The minimum Gasteiger partial charge on any atom is -0.437 e. The Hall–Kier alpha value is -2.45. The lowest BCUT2D eigenvalue weighted by Gasteiger charge is -2.11. The van der Waals surface area contributed by atoms with E-state index in [-0.39, 0.29) is 11.4 Å². The predicted molar refractivity (Wildman–Crippen MR) is 75.9 cm³/mol. The third kappa shape index (κ3) is 2.00. The van der Waals surface area contributed by atoms with E-state index in [2.05, 4.69) is 4.98 Å². The molecule has 2 heterocycles. The average molecular weight is 282 g/mol. The Morgan fingerprint density at radius 2 is 2.25 bits per heavy atom. The first-order chi connectivity index (χ1) is 9.58. The number of aromatic nitrogens is 1. The molecule has 1 aliphatic heterocycles. The third-order valence-electron chi connectivity index (χ3n) is 2.96. The maximum absolute atomic E-state index is 11.4. The van der Waals surface area contributed by atoms with Gasteiger partial charge < -0.3 is 4.74 Å². The molecule has 0 spiro atoms. The van der Waals surface area contributed by atoms with E-state index in [1.54, 1.807) is 0 Å². The van der Waals surface area contributed by atoms with Crippen molar-refractivity contribution >= 4 is 28.8 Å². The highest BCUT2D eigenvalue weighted by Crippen LogP contribution is 2.28. The monoisotopic (exact) mass is 282 g/mol. The molecule has 1 aromatic carbocycles. The summed E-state index contributed by atoms with van der Waals surface area (Å²) in [5, 5.41) is 9.03. The van der Waals surface area contributed by atoms with E-state index in [0.717, 1.165) is 21.4 Å². The Balaban J connectivity index is 2.24. The Kier molecular flexibility index (Phi) is 2.88. The largest absolute Gasteiger partial charge is 0.437 e. The first kappa shape index (κ1) is 12.6. The standard InChI is InChI=1S/C15H10N2O2S/c1-8-3-4-10-6-13-14(19-12(10)5-8)17-15(20-13)11(7-16)9(2)18/h3-6H,1-2H3/b15-11+. The van der Waals surface area contributed by atoms with Crippen LogP contribution >= 0.6 is 11.3 Å². The van der Waals surface area contributed by atoms with Crippen LogP contribution in [0.25, 0.3) is 11.6 Å². The molecule has 0 saturated carbocycles. The van der Waals surface area contributed by atoms with Gasteiger partial charge >= 0.3 is 0 Å². The van der Waals surface area contributed by atoms with Crippen LogP contribution < -0.4 is 13.9 Å². The molecule has 0 unspecified atom stereocenters. The first-order valence-electron chi connectivity index (χ1n) is 6.01. The van der Waals surface area contributed by atoms with Gasteiger partial charge in [-0.2, -0.15) is 10.2 Å². The molecule has 1 aromatic heterocycles. The van der Waals surface area contributed by atoms with E-state index in [0.29, 0.717) is 10.5 Å². The van der Waals surface area contributed by atoms with Crippen LogP contribution in [0.3, 0.4) is 0 Å². The zero-order valence-electron chi connectivity index (χ0n) is 10.9. The summed E-state index contributed by atoms with van der Waals surface area (Å²) in [6.07, 6.45) is 1.96. The zero-order valence-corrected chi connectivity index (χ0v) is 11.7. The van der Waals surface area contributed by atoms with Gasteiger partial charge in [-0.15, -0.1) is 11.3 Å². The fourth-order valence-electron chi connectivity index (χ4n) is 1.96. The second-order valence-electron chi connectivity index (χ2n) is 4.52. The highest BCUT2D eigenvalue weighted by Gasteiger charge is 2.16. The molecule has 1 aliphatic rings. The van der Waals surface area contributed by atoms with Crippen molar-refractivity contribution < 1.29 is 9.53 Å². The molecule has 98 valence electrons. The molecule has 0 radical (unpaired) electrons. The summed E-state index contributed by atoms with van der Waals surface area (Å²) in [4.78, 5) is 15.7. The second-order valence-corrected chi connectivity index (χ2v) is 5.55. The van der Waals surface area contributed by atoms with Crippen molar-refractivity contribution in [3.05, 3.63) is 38.5 Å². The van der Waals surface area contributed by atoms with Crippen LogP contribution in [0.1, 0.15) is 18.1 Å². The quantitative estimate of drug-likeness (QED) is 0.681. The van der Waals surface area contributed by atoms with Crippen LogP contribution in [-0.4, -0.2) is 10.8 Å². The van der Waals surface area contributed by atoms with E-state index >= 15 is 0 Å². The van der Waals surface area contributed by atoms with Crippen LogP contribution in [0, 0.1) is 18.3 Å². The maximum Gasteiger partial charge on any atom is 0.238 e. The number of aryl methyl sites for hydroxylation is 1. The topological polar surface area (TPSA) is 63.0 Å². The summed E-state index contributed by atoms with van der Waals surface area (Å²) in [5.74, 6) is 0.916. The van der Waals surface area contributed by atoms with E-state index < -0.39 is 0 Å². The summed E-state index contributed by atoms with van der Waals surface area (Å²) in [5.41, 5.74) is 2.14. The van der Waals surface area contributed by atoms with Gasteiger partial charge in [-0.3, -0.25) is 4.79 Å². The van der Waals surface area contributed by atoms with Crippen molar-refractivity contribution in [1.29, 1.82) is 5.26 Å². The fraction of sp³-hybridized carbons (Fsp3) is 0.133. The molecule has 2 aromatic rings. The number of carbonyl (C=O) groups is 1. The van der Waals surface area contributed by atoms with Crippen LogP contribution in [-0.2, 0) is 4.79 Å². The normalized spacial score (nSPS) is 13.2. The minimum atomic E-state index is -0.285. The predicted octanol–water partition coefficient (Wildman–Crippen LogP) is 1.65. The minimum absolute atomic E-state index is 0.0710. The smallest absolute Gasteiger partial charge is 0.238 e. The number of fused-ring (bicyclic) bond motifs is 2. The molecule has 0 amide bonds. The lowest BCUT2D eigenvalue weighted by atomic mass is 10.1. The lowest BCUT2D eigenvalue weighted by Crippen LogP contribution is -2.09. The maximum atomic E-state index is 11.4. The van der Waals surface area contributed by atoms with Crippen molar-refractivity contribution in [3.8, 4) is 17.7 Å². The Labute approximate surface area is 119 Å². The molecule has 3 rings (SSSR count). The number of thiazole rings is 1. The van der Waals surface area contributed by atoms with Gasteiger partial charge in [0.15, 0.2) is 5.78 Å². The van der Waals surface area contributed by atoms with Crippen molar-refractivity contribution in [2.75, 3.05) is 0 Å². The van der Waals surface area contributed by atoms with Gasteiger partial charge in [0.05, 0.1) is 4.53 Å². The van der Waals surface area contributed by atoms with Gasteiger partial charge in [0, 0.05) is 5.56 Å².